The number of benzene rings is 2. The zero-order valence-corrected chi connectivity index (χ0v) is 18.0. The lowest BCUT2D eigenvalue weighted by Gasteiger charge is -2.25. The van der Waals surface area contributed by atoms with Gasteiger partial charge in [-0.3, -0.25) is 4.79 Å². The van der Waals surface area contributed by atoms with Crippen molar-refractivity contribution in [1.29, 1.82) is 0 Å². The first-order valence-electron chi connectivity index (χ1n) is 9.38. The molecule has 2 aromatic heterocycles. The normalized spacial score (nSPS) is 14.6. The highest BCUT2D eigenvalue weighted by Gasteiger charge is 2.28. The Hall–Kier alpha value is -2.70. The topological polar surface area (TPSA) is 55.1 Å². The van der Waals surface area contributed by atoms with Crippen LogP contribution in [0.1, 0.15) is 34.3 Å². The molecule has 1 aliphatic heterocycles. The molecule has 0 aliphatic carbocycles. The van der Waals surface area contributed by atoms with Gasteiger partial charge in [0.25, 0.3) is 5.56 Å². The van der Waals surface area contributed by atoms with Crippen molar-refractivity contribution >= 4 is 48.8 Å². The summed E-state index contributed by atoms with van der Waals surface area (Å²) < 4.78 is 2.85. The standard InChI is InChI=1S/C23H17BrN2O2S/c1-2-14-11-17-22(28)25-21-19(20(27)16-9-5-6-10-18(16)24)15-8-4-3-7-13(15)12-26(21)23(17)29-14/h3-11,27H,2,12H2,1H3/b20-19-. The molecule has 0 fully saturated rings. The zero-order valence-electron chi connectivity index (χ0n) is 15.6. The molecule has 4 aromatic rings. The Balaban J connectivity index is 1.90. The SMILES string of the molecule is CCc1cc2c(=O)nc3n(c2s1)Cc1ccccc1/C3=C(/O)c1ccccc1Br. The molecule has 0 amide bonds. The van der Waals surface area contributed by atoms with Crippen LogP contribution in [0.2, 0.25) is 0 Å². The minimum Gasteiger partial charge on any atom is -0.506 e. The third kappa shape index (κ3) is 2.86. The number of aryl methyl sites for hydroxylation is 1. The van der Waals surface area contributed by atoms with Gasteiger partial charge in [0.2, 0.25) is 0 Å². The van der Waals surface area contributed by atoms with Gasteiger partial charge >= 0.3 is 0 Å². The van der Waals surface area contributed by atoms with Gasteiger partial charge in [-0.2, -0.15) is 4.98 Å². The molecular formula is C23H17BrN2O2S. The maximum Gasteiger partial charge on any atom is 0.281 e. The molecule has 1 aliphatic rings. The Bertz CT molecular complexity index is 1370. The minimum absolute atomic E-state index is 0.108. The maximum atomic E-state index is 12.8. The van der Waals surface area contributed by atoms with Crippen LogP contribution in [0.3, 0.4) is 0 Å². The van der Waals surface area contributed by atoms with Gasteiger partial charge in [0.1, 0.15) is 16.4 Å². The Morgan fingerprint density at radius 2 is 1.97 bits per heavy atom. The average molecular weight is 465 g/mol. The van der Waals surface area contributed by atoms with Crippen molar-refractivity contribution < 1.29 is 5.11 Å². The number of hydrogen-bond acceptors (Lipinski definition) is 4. The zero-order chi connectivity index (χ0) is 20.1. The van der Waals surface area contributed by atoms with Crippen molar-refractivity contribution in [3.8, 4) is 0 Å². The number of aliphatic hydroxyl groups is 1. The summed E-state index contributed by atoms with van der Waals surface area (Å²) in [7, 11) is 0. The summed E-state index contributed by atoms with van der Waals surface area (Å²) in [5.41, 5.74) is 3.00. The molecule has 2 aromatic carbocycles. The molecule has 0 saturated carbocycles. The van der Waals surface area contributed by atoms with Crippen molar-refractivity contribution in [3.05, 3.63) is 96.8 Å². The monoisotopic (exact) mass is 464 g/mol. The summed E-state index contributed by atoms with van der Waals surface area (Å²) in [5, 5.41) is 12.0. The number of fused-ring (bicyclic) bond motifs is 4. The number of aromatic nitrogens is 2. The average Bonchev–Trinajstić information content (AvgIpc) is 3.18. The van der Waals surface area contributed by atoms with Gasteiger partial charge < -0.3 is 9.67 Å². The fourth-order valence-corrected chi connectivity index (χ4v) is 5.38. The van der Waals surface area contributed by atoms with Crippen molar-refractivity contribution in [2.45, 2.75) is 19.9 Å². The Kier molecular flexibility index (Phi) is 4.41. The van der Waals surface area contributed by atoms with Crippen LogP contribution in [0.4, 0.5) is 0 Å². The van der Waals surface area contributed by atoms with E-state index >= 15 is 0 Å². The van der Waals surface area contributed by atoms with Crippen LogP contribution in [0.25, 0.3) is 21.5 Å². The molecule has 0 atom stereocenters. The number of aliphatic hydroxyl groups excluding tert-OH is 1. The molecule has 0 spiro atoms. The molecule has 0 bridgehead atoms. The lowest BCUT2D eigenvalue weighted by Crippen LogP contribution is -2.23. The maximum absolute atomic E-state index is 12.8. The molecular weight excluding hydrogens is 448 g/mol. The predicted octanol–water partition coefficient (Wildman–Crippen LogP) is 5.62. The smallest absolute Gasteiger partial charge is 0.281 e. The number of rotatable bonds is 2. The van der Waals surface area contributed by atoms with E-state index in [0.717, 1.165) is 31.7 Å². The summed E-state index contributed by atoms with van der Waals surface area (Å²) in [6.45, 7) is 2.70. The van der Waals surface area contributed by atoms with Crippen molar-refractivity contribution in [2.24, 2.45) is 0 Å². The summed E-state index contributed by atoms with van der Waals surface area (Å²) in [5.74, 6) is 0.621. The van der Waals surface area contributed by atoms with Crippen LogP contribution in [0.15, 0.2) is 63.9 Å². The molecule has 0 unspecified atom stereocenters. The van der Waals surface area contributed by atoms with E-state index in [4.69, 9.17) is 0 Å². The highest BCUT2D eigenvalue weighted by Crippen LogP contribution is 2.39. The number of nitrogens with zero attached hydrogens (tertiary/aromatic N) is 2. The summed E-state index contributed by atoms with van der Waals surface area (Å²) >= 11 is 5.15. The summed E-state index contributed by atoms with van der Waals surface area (Å²) in [4.78, 5) is 19.3. The molecule has 3 heterocycles. The lowest BCUT2D eigenvalue weighted by atomic mass is 9.92. The van der Waals surface area contributed by atoms with Gasteiger partial charge in [0, 0.05) is 14.9 Å². The highest BCUT2D eigenvalue weighted by atomic mass is 79.9. The lowest BCUT2D eigenvalue weighted by molar-refractivity contribution is 0.512. The van der Waals surface area contributed by atoms with Crippen LogP contribution in [-0.4, -0.2) is 14.7 Å². The first kappa shape index (κ1) is 18.3. The second-order valence-electron chi connectivity index (χ2n) is 6.97. The van der Waals surface area contributed by atoms with E-state index in [-0.39, 0.29) is 11.3 Å². The van der Waals surface area contributed by atoms with Gasteiger partial charge in [-0.25, -0.2) is 0 Å². The molecule has 0 saturated heterocycles. The largest absolute Gasteiger partial charge is 0.506 e. The van der Waals surface area contributed by atoms with Gasteiger partial charge in [-0.15, -0.1) is 11.3 Å². The van der Waals surface area contributed by atoms with Crippen LogP contribution >= 0.6 is 27.3 Å². The van der Waals surface area contributed by atoms with E-state index in [0.29, 0.717) is 28.9 Å². The molecule has 29 heavy (non-hydrogen) atoms. The Morgan fingerprint density at radius 1 is 1.21 bits per heavy atom. The quantitative estimate of drug-likeness (QED) is 0.345. The second kappa shape index (κ2) is 6.97. The molecule has 6 heteroatoms. The van der Waals surface area contributed by atoms with Crippen LogP contribution in [0.5, 0.6) is 0 Å². The first-order chi connectivity index (χ1) is 14.1. The highest BCUT2D eigenvalue weighted by molar-refractivity contribution is 9.10. The molecule has 4 nitrogen and oxygen atoms in total. The Morgan fingerprint density at radius 3 is 2.76 bits per heavy atom. The van der Waals surface area contributed by atoms with Gasteiger partial charge in [0.15, 0.2) is 0 Å². The number of hydrogen-bond donors (Lipinski definition) is 1. The van der Waals surface area contributed by atoms with E-state index in [1.165, 1.54) is 0 Å². The fourth-order valence-electron chi connectivity index (χ4n) is 3.82. The third-order valence-corrected chi connectivity index (χ3v) is 7.25. The minimum atomic E-state index is -0.251. The third-order valence-electron chi connectivity index (χ3n) is 5.26. The van der Waals surface area contributed by atoms with Crippen LogP contribution < -0.4 is 5.56 Å². The van der Waals surface area contributed by atoms with Crippen molar-refractivity contribution in [3.63, 3.8) is 0 Å². The van der Waals surface area contributed by atoms with E-state index in [1.54, 1.807) is 11.3 Å². The number of thiophene rings is 1. The molecule has 1 N–H and O–H groups in total. The Labute approximate surface area is 179 Å². The molecule has 0 radical (unpaired) electrons. The number of halogens is 1. The fraction of sp³-hybridized carbons (Fsp3) is 0.130. The molecule has 5 rings (SSSR count). The molecule has 144 valence electrons. The van der Waals surface area contributed by atoms with E-state index in [1.807, 2.05) is 48.5 Å². The van der Waals surface area contributed by atoms with Gasteiger partial charge in [-0.1, -0.05) is 65.3 Å². The predicted molar refractivity (Wildman–Crippen MR) is 121 cm³/mol. The second-order valence-corrected chi connectivity index (χ2v) is 8.94. The van der Waals surface area contributed by atoms with Crippen molar-refractivity contribution in [2.75, 3.05) is 0 Å². The first-order valence-corrected chi connectivity index (χ1v) is 11.0. The van der Waals surface area contributed by atoms with E-state index in [9.17, 15) is 9.90 Å². The van der Waals surface area contributed by atoms with Crippen LogP contribution in [0, 0.1) is 0 Å². The van der Waals surface area contributed by atoms with Gasteiger partial charge in [0.05, 0.1) is 17.5 Å². The van der Waals surface area contributed by atoms with Gasteiger partial charge in [-0.05, 0) is 29.7 Å². The van der Waals surface area contributed by atoms with Crippen LogP contribution in [-0.2, 0) is 13.0 Å². The van der Waals surface area contributed by atoms with E-state index in [2.05, 4.69) is 38.5 Å². The van der Waals surface area contributed by atoms with Crippen molar-refractivity contribution in [1.82, 2.24) is 9.55 Å². The van der Waals surface area contributed by atoms with E-state index < -0.39 is 0 Å². The summed E-state index contributed by atoms with van der Waals surface area (Å²) in [6, 6.07) is 17.4. The summed E-state index contributed by atoms with van der Waals surface area (Å²) in [6.07, 6.45) is 0.871.